The molecular formula is C18H19N3O. The van der Waals surface area contributed by atoms with E-state index in [1.807, 2.05) is 48.5 Å². The fraction of sp³-hybridized carbons (Fsp3) is 0.167. The second-order valence-electron chi connectivity index (χ2n) is 5.11. The third-order valence-electron chi connectivity index (χ3n) is 3.44. The van der Waals surface area contributed by atoms with E-state index in [0.717, 1.165) is 29.7 Å². The Kier molecular flexibility index (Phi) is 4.39. The van der Waals surface area contributed by atoms with Crippen molar-refractivity contribution in [3.8, 4) is 0 Å². The predicted octanol–water partition coefficient (Wildman–Crippen LogP) is 3.08. The molecular weight excluding hydrogens is 274 g/mol. The van der Waals surface area contributed by atoms with Crippen LogP contribution in [0.15, 0.2) is 70.1 Å². The fourth-order valence-electron chi connectivity index (χ4n) is 2.31. The minimum absolute atomic E-state index is 0.441. The highest BCUT2D eigenvalue weighted by atomic mass is 16.3. The number of guanidine groups is 1. The molecule has 0 aliphatic carbocycles. The Morgan fingerprint density at radius 2 is 1.82 bits per heavy atom. The lowest BCUT2D eigenvalue weighted by Gasteiger charge is -2.05. The lowest BCUT2D eigenvalue weighted by molar-refractivity contribution is 0.552. The zero-order chi connectivity index (χ0) is 15.2. The molecule has 0 aliphatic rings. The summed E-state index contributed by atoms with van der Waals surface area (Å²) in [7, 11) is 0. The maximum atomic E-state index is 5.88. The predicted molar refractivity (Wildman–Crippen MR) is 89.7 cm³/mol. The van der Waals surface area contributed by atoms with Crippen LogP contribution in [0.4, 0.5) is 0 Å². The standard InChI is InChI=1S/C18H19N3O/c19-18(20-11-10-14-6-2-1-3-7-14)21-13-16-12-15-8-4-5-9-17(15)22-16/h1-9,12H,10-11,13H2,(H3,19,20,21). The minimum atomic E-state index is 0.441. The molecule has 0 spiro atoms. The average molecular weight is 293 g/mol. The molecule has 0 amide bonds. The molecule has 0 aliphatic heterocycles. The van der Waals surface area contributed by atoms with E-state index < -0.39 is 0 Å². The Morgan fingerprint density at radius 1 is 1.05 bits per heavy atom. The van der Waals surface area contributed by atoms with E-state index >= 15 is 0 Å². The number of nitrogens with zero attached hydrogens (tertiary/aromatic N) is 1. The molecule has 1 heterocycles. The summed E-state index contributed by atoms with van der Waals surface area (Å²) in [4.78, 5) is 4.31. The van der Waals surface area contributed by atoms with Crippen molar-refractivity contribution >= 4 is 16.9 Å². The molecule has 4 nitrogen and oxygen atoms in total. The normalized spacial score (nSPS) is 11.7. The number of fused-ring (bicyclic) bond motifs is 1. The smallest absolute Gasteiger partial charge is 0.189 e. The topological polar surface area (TPSA) is 63.5 Å². The summed E-state index contributed by atoms with van der Waals surface area (Å²) < 4.78 is 5.70. The highest BCUT2D eigenvalue weighted by Gasteiger charge is 2.02. The van der Waals surface area contributed by atoms with Crippen LogP contribution in [-0.2, 0) is 13.0 Å². The van der Waals surface area contributed by atoms with E-state index in [-0.39, 0.29) is 0 Å². The van der Waals surface area contributed by atoms with Crippen molar-refractivity contribution in [2.45, 2.75) is 13.0 Å². The molecule has 1 aromatic heterocycles. The molecule has 3 N–H and O–H groups in total. The van der Waals surface area contributed by atoms with Crippen LogP contribution < -0.4 is 11.1 Å². The highest BCUT2D eigenvalue weighted by Crippen LogP contribution is 2.19. The summed E-state index contributed by atoms with van der Waals surface area (Å²) in [6.07, 6.45) is 0.918. The van der Waals surface area contributed by atoms with Crippen LogP contribution in [0, 0.1) is 0 Å². The molecule has 0 radical (unpaired) electrons. The van der Waals surface area contributed by atoms with E-state index in [1.54, 1.807) is 0 Å². The number of hydrogen-bond donors (Lipinski definition) is 2. The van der Waals surface area contributed by atoms with Gasteiger partial charge in [-0.1, -0.05) is 48.5 Å². The number of aliphatic imine (C=N–C) groups is 1. The van der Waals surface area contributed by atoms with Gasteiger partial charge in [-0.15, -0.1) is 0 Å². The number of nitrogens with one attached hydrogen (secondary N) is 1. The van der Waals surface area contributed by atoms with Gasteiger partial charge in [-0.25, -0.2) is 4.99 Å². The third kappa shape index (κ3) is 3.67. The SMILES string of the molecule is NC(=NCc1cc2ccccc2o1)NCCc1ccccc1. The van der Waals surface area contributed by atoms with E-state index in [2.05, 4.69) is 22.4 Å². The van der Waals surface area contributed by atoms with Gasteiger partial charge < -0.3 is 15.5 Å². The van der Waals surface area contributed by atoms with Crippen molar-refractivity contribution in [1.82, 2.24) is 5.32 Å². The van der Waals surface area contributed by atoms with E-state index in [4.69, 9.17) is 10.2 Å². The first kappa shape index (κ1) is 14.2. The number of para-hydroxylation sites is 1. The average Bonchev–Trinajstić information content (AvgIpc) is 2.97. The van der Waals surface area contributed by atoms with Crippen molar-refractivity contribution in [3.05, 3.63) is 72.0 Å². The monoisotopic (exact) mass is 293 g/mol. The number of benzene rings is 2. The molecule has 0 saturated carbocycles. The lowest BCUT2D eigenvalue weighted by atomic mass is 10.1. The van der Waals surface area contributed by atoms with Crippen LogP contribution in [0.3, 0.4) is 0 Å². The molecule has 0 bridgehead atoms. The van der Waals surface area contributed by atoms with Gasteiger partial charge in [0.25, 0.3) is 0 Å². The van der Waals surface area contributed by atoms with Gasteiger partial charge in [-0.3, -0.25) is 0 Å². The van der Waals surface area contributed by atoms with Crippen molar-refractivity contribution in [3.63, 3.8) is 0 Å². The van der Waals surface area contributed by atoms with Gasteiger partial charge in [0.1, 0.15) is 17.9 Å². The van der Waals surface area contributed by atoms with Crippen LogP contribution in [-0.4, -0.2) is 12.5 Å². The third-order valence-corrected chi connectivity index (χ3v) is 3.44. The number of nitrogens with two attached hydrogens (primary N) is 1. The zero-order valence-corrected chi connectivity index (χ0v) is 12.3. The summed E-state index contributed by atoms with van der Waals surface area (Å²) in [6.45, 7) is 1.21. The van der Waals surface area contributed by atoms with Crippen LogP contribution in [0.5, 0.6) is 0 Å². The second-order valence-corrected chi connectivity index (χ2v) is 5.11. The number of hydrogen-bond acceptors (Lipinski definition) is 2. The maximum absolute atomic E-state index is 5.88. The summed E-state index contributed by atoms with van der Waals surface area (Å²) >= 11 is 0. The van der Waals surface area contributed by atoms with Gasteiger partial charge in [0, 0.05) is 11.9 Å². The molecule has 0 saturated heterocycles. The second kappa shape index (κ2) is 6.80. The highest BCUT2D eigenvalue weighted by molar-refractivity contribution is 5.79. The summed E-state index contributed by atoms with van der Waals surface area (Å²) in [6, 6.07) is 20.2. The van der Waals surface area contributed by atoms with Gasteiger partial charge in [-0.2, -0.15) is 0 Å². The molecule has 3 rings (SSSR count). The van der Waals surface area contributed by atoms with Crippen molar-refractivity contribution in [1.29, 1.82) is 0 Å². The van der Waals surface area contributed by atoms with Crippen LogP contribution in [0.2, 0.25) is 0 Å². The van der Waals surface area contributed by atoms with Gasteiger partial charge in [0.2, 0.25) is 0 Å². The largest absolute Gasteiger partial charge is 0.459 e. The molecule has 3 aromatic rings. The molecule has 112 valence electrons. The number of rotatable bonds is 5. The zero-order valence-electron chi connectivity index (χ0n) is 12.3. The Labute approximate surface area is 129 Å². The molecule has 22 heavy (non-hydrogen) atoms. The first-order valence-electron chi connectivity index (χ1n) is 7.36. The molecule has 0 unspecified atom stereocenters. The summed E-state index contributed by atoms with van der Waals surface area (Å²) in [5.74, 6) is 1.25. The van der Waals surface area contributed by atoms with Crippen LogP contribution in [0.1, 0.15) is 11.3 Å². The van der Waals surface area contributed by atoms with Gasteiger partial charge in [0.05, 0.1) is 0 Å². The summed E-state index contributed by atoms with van der Waals surface area (Å²) in [5, 5.41) is 4.21. The van der Waals surface area contributed by atoms with Gasteiger partial charge in [-0.05, 0) is 24.1 Å². The minimum Gasteiger partial charge on any atom is -0.459 e. The maximum Gasteiger partial charge on any atom is 0.189 e. The molecule has 0 atom stereocenters. The molecule has 4 heteroatoms. The first-order valence-corrected chi connectivity index (χ1v) is 7.36. The van der Waals surface area contributed by atoms with E-state index in [1.165, 1.54) is 5.56 Å². The van der Waals surface area contributed by atoms with E-state index in [0.29, 0.717) is 12.5 Å². The number of furan rings is 1. The Bertz CT molecular complexity index is 729. The van der Waals surface area contributed by atoms with E-state index in [9.17, 15) is 0 Å². The van der Waals surface area contributed by atoms with Crippen molar-refractivity contribution in [2.75, 3.05) is 6.54 Å². The summed E-state index contributed by atoms with van der Waals surface area (Å²) in [5.41, 5.74) is 8.03. The van der Waals surface area contributed by atoms with Crippen LogP contribution >= 0.6 is 0 Å². The quantitative estimate of drug-likeness (QED) is 0.561. The Balaban J connectivity index is 1.51. The van der Waals surface area contributed by atoms with Gasteiger partial charge in [0.15, 0.2) is 5.96 Å². The molecule has 2 aromatic carbocycles. The van der Waals surface area contributed by atoms with Gasteiger partial charge >= 0.3 is 0 Å². The first-order chi connectivity index (χ1) is 10.8. The van der Waals surface area contributed by atoms with Crippen LogP contribution in [0.25, 0.3) is 11.0 Å². The Morgan fingerprint density at radius 3 is 2.64 bits per heavy atom. The van der Waals surface area contributed by atoms with Crippen molar-refractivity contribution < 1.29 is 4.42 Å². The fourth-order valence-corrected chi connectivity index (χ4v) is 2.31. The Hall–Kier alpha value is -2.75. The molecule has 0 fully saturated rings. The van der Waals surface area contributed by atoms with Crippen molar-refractivity contribution in [2.24, 2.45) is 10.7 Å². The lowest BCUT2D eigenvalue weighted by Crippen LogP contribution is -2.33.